The van der Waals surface area contributed by atoms with Crippen LogP contribution in [0.4, 0.5) is 5.82 Å². The maximum atomic E-state index is 13.7. The summed E-state index contributed by atoms with van der Waals surface area (Å²) in [6.45, 7) is -0.572. The van der Waals surface area contributed by atoms with E-state index in [9.17, 15) is 19.6 Å². The molecule has 1 aromatic heterocycles. The SMILES string of the molecule is Nc1ccn([C@@]2(C(=O)OCC3c4ccccc4-c4ccccc43)C[C@H](OP(N)O)[C@@H](CO)O2)c(=O)n1. The predicted molar refractivity (Wildman–Crippen MR) is 130 cm³/mol. The van der Waals surface area contributed by atoms with E-state index in [1.807, 2.05) is 48.5 Å². The number of nitrogens with zero attached hydrogens (tertiary/aromatic N) is 2. The first-order valence-electron chi connectivity index (χ1n) is 11.2. The summed E-state index contributed by atoms with van der Waals surface area (Å²) in [6.07, 6.45) is -1.03. The Labute approximate surface area is 207 Å². The van der Waals surface area contributed by atoms with E-state index in [1.54, 1.807) is 0 Å². The van der Waals surface area contributed by atoms with Gasteiger partial charge in [-0.05, 0) is 28.3 Å². The van der Waals surface area contributed by atoms with E-state index < -0.39 is 44.7 Å². The van der Waals surface area contributed by atoms with Gasteiger partial charge in [-0.1, -0.05) is 48.5 Å². The Balaban J connectivity index is 1.48. The lowest BCUT2D eigenvalue weighted by Gasteiger charge is -2.29. The van der Waals surface area contributed by atoms with Crippen molar-refractivity contribution in [2.75, 3.05) is 18.9 Å². The number of hydrogen-bond donors (Lipinski definition) is 4. The van der Waals surface area contributed by atoms with E-state index in [1.165, 1.54) is 12.3 Å². The summed E-state index contributed by atoms with van der Waals surface area (Å²) < 4.78 is 18.0. The summed E-state index contributed by atoms with van der Waals surface area (Å²) in [4.78, 5) is 39.7. The molecule has 0 amide bonds. The Morgan fingerprint density at radius 2 is 1.81 bits per heavy atom. The van der Waals surface area contributed by atoms with E-state index in [4.69, 9.17) is 25.2 Å². The van der Waals surface area contributed by atoms with Crippen LogP contribution in [0, 0.1) is 0 Å². The number of rotatable bonds is 7. The minimum atomic E-state index is -2.33. The second-order valence-corrected chi connectivity index (χ2v) is 9.42. The van der Waals surface area contributed by atoms with Gasteiger partial charge in [-0.15, -0.1) is 0 Å². The molecule has 0 radical (unpaired) electrons. The highest BCUT2D eigenvalue weighted by molar-refractivity contribution is 7.43. The molecule has 1 aliphatic heterocycles. The highest BCUT2D eigenvalue weighted by atomic mass is 31.2. The van der Waals surface area contributed by atoms with Gasteiger partial charge >= 0.3 is 11.7 Å². The van der Waals surface area contributed by atoms with Crippen LogP contribution in [-0.2, 0) is 24.5 Å². The lowest BCUT2D eigenvalue weighted by atomic mass is 9.98. The quantitative estimate of drug-likeness (QED) is 0.266. The molecule has 0 bridgehead atoms. The first-order valence-corrected chi connectivity index (χ1v) is 12.5. The Kier molecular flexibility index (Phi) is 6.60. The molecule has 1 fully saturated rings. The van der Waals surface area contributed by atoms with Crippen LogP contribution >= 0.6 is 8.53 Å². The van der Waals surface area contributed by atoms with Crippen LogP contribution in [0.25, 0.3) is 11.1 Å². The number of nitrogens with two attached hydrogens (primary N) is 2. The molecule has 2 heterocycles. The number of nitrogen functional groups attached to an aromatic ring is 1. The molecule has 1 saturated heterocycles. The van der Waals surface area contributed by atoms with Crippen molar-refractivity contribution in [3.8, 4) is 11.1 Å². The number of esters is 1. The van der Waals surface area contributed by atoms with Gasteiger partial charge in [0.15, 0.2) is 0 Å². The van der Waals surface area contributed by atoms with E-state index in [2.05, 4.69) is 4.98 Å². The van der Waals surface area contributed by atoms with Crippen molar-refractivity contribution in [1.82, 2.24) is 9.55 Å². The molecule has 0 saturated carbocycles. The van der Waals surface area contributed by atoms with Gasteiger partial charge < -0.3 is 29.7 Å². The van der Waals surface area contributed by atoms with Gasteiger partial charge in [-0.25, -0.2) is 9.59 Å². The lowest BCUT2D eigenvalue weighted by Crippen LogP contribution is -2.49. The Hall–Kier alpha value is -3.18. The summed E-state index contributed by atoms with van der Waals surface area (Å²) in [5, 5.41) is 9.85. The zero-order valence-corrected chi connectivity index (χ0v) is 20.0. The zero-order chi connectivity index (χ0) is 25.4. The van der Waals surface area contributed by atoms with Gasteiger partial charge in [0, 0.05) is 18.5 Å². The molecule has 36 heavy (non-hydrogen) atoms. The van der Waals surface area contributed by atoms with Crippen LogP contribution in [-0.4, -0.2) is 50.9 Å². The zero-order valence-electron chi connectivity index (χ0n) is 19.1. The Morgan fingerprint density at radius 3 is 2.39 bits per heavy atom. The van der Waals surface area contributed by atoms with Crippen molar-refractivity contribution >= 4 is 20.3 Å². The third-order valence-electron chi connectivity index (χ3n) is 6.54. The fourth-order valence-corrected chi connectivity index (χ4v) is 5.45. The fraction of sp³-hybridized carbons (Fsp3) is 0.292. The van der Waals surface area contributed by atoms with Crippen LogP contribution in [0.15, 0.2) is 65.6 Å². The topological polar surface area (TPSA) is 172 Å². The number of ether oxygens (including phenoxy) is 2. The predicted octanol–water partition coefficient (Wildman–Crippen LogP) is 1.18. The molecule has 1 aliphatic carbocycles. The summed E-state index contributed by atoms with van der Waals surface area (Å²) in [5.41, 5.74) is 12.3. The molecular formula is C24H25N4O7P. The van der Waals surface area contributed by atoms with Crippen molar-refractivity contribution in [2.45, 2.75) is 30.3 Å². The molecule has 188 valence electrons. The fourth-order valence-electron chi connectivity index (χ4n) is 4.96. The van der Waals surface area contributed by atoms with Crippen molar-refractivity contribution in [3.63, 3.8) is 0 Å². The Morgan fingerprint density at radius 1 is 1.17 bits per heavy atom. The van der Waals surface area contributed by atoms with Gasteiger partial charge in [0.05, 0.1) is 12.7 Å². The molecule has 1 unspecified atom stereocenters. The highest BCUT2D eigenvalue weighted by Gasteiger charge is 2.56. The molecule has 0 spiro atoms. The second-order valence-electron chi connectivity index (χ2n) is 8.60. The van der Waals surface area contributed by atoms with Crippen LogP contribution < -0.4 is 16.9 Å². The number of carbonyl (C=O) groups excluding carboxylic acids is 1. The van der Waals surface area contributed by atoms with Gasteiger partial charge in [0.2, 0.25) is 8.53 Å². The largest absolute Gasteiger partial charge is 0.461 e. The Bertz CT molecular complexity index is 1300. The lowest BCUT2D eigenvalue weighted by molar-refractivity contribution is -0.189. The van der Waals surface area contributed by atoms with Crippen molar-refractivity contribution in [2.24, 2.45) is 5.50 Å². The molecule has 3 aromatic rings. The molecular weight excluding hydrogens is 487 g/mol. The van der Waals surface area contributed by atoms with Gasteiger partial charge in [0.1, 0.15) is 18.5 Å². The van der Waals surface area contributed by atoms with Gasteiger partial charge in [0.25, 0.3) is 5.72 Å². The van der Waals surface area contributed by atoms with Crippen molar-refractivity contribution in [3.05, 3.63) is 82.4 Å². The van der Waals surface area contributed by atoms with E-state index in [0.29, 0.717) is 0 Å². The van der Waals surface area contributed by atoms with E-state index in [-0.39, 0.29) is 24.8 Å². The normalized spacial score (nSPS) is 23.8. The summed E-state index contributed by atoms with van der Waals surface area (Å²) in [7, 11) is -2.33. The summed E-state index contributed by atoms with van der Waals surface area (Å²) >= 11 is 0. The number of aliphatic hydroxyl groups is 1. The maximum Gasteiger partial charge on any atom is 0.360 e. The number of benzene rings is 2. The monoisotopic (exact) mass is 512 g/mol. The smallest absolute Gasteiger partial charge is 0.360 e. The third-order valence-corrected chi connectivity index (χ3v) is 7.03. The minimum Gasteiger partial charge on any atom is -0.461 e. The standard InChI is InChI=1S/C24H25N4O7P/c25-21-9-10-28(23(31)27-21)24(11-19(35-36(26)32)20(12-29)34-24)22(30)33-13-18-16-7-3-1-5-14(16)15-6-2-4-8-17(15)18/h1-10,18-20,29,32H,11-13,26H2,(H2,25,27,31)/t19-,20+,24-,36?/m0/s1. The molecule has 12 heteroatoms. The number of carbonyl (C=O) groups is 1. The highest BCUT2D eigenvalue weighted by Crippen LogP contribution is 2.45. The average Bonchev–Trinajstić information content (AvgIpc) is 3.38. The second kappa shape index (κ2) is 9.70. The van der Waals surface area contributed by atoms with Crippen LogP contribution in [0.1, 0.15) is 23.5 Å². The van der Waals surface area contributed by atoms with Gasteiger partial charge in [-0.2, -0.15) is 4.98 Å². The number of anilines is 1. The molecule has 6 N–H and O–H groups in total. The minimum absolute atomic E-state index is 0.0198. The number of aromatic nitrogens is 2. The molecule has 5 rings (SSSR count). The average molecular weight is 512 g/mol. The van der Waals surface area contributed by atoms with Gasteiger partial charge in [-0.3, -0.25) is 10.1 Å². The molecule has 11 nitrogen and oxygen atoms in total. The first kappa shape index (κ1) is 24.5. The number of aliphatic hydroxyl groups excluding tert-OH is 1. The van der Waals surface area contributed by atoms with Crippen LogP contribution in [0.3, 0.4) is 0 Å². The number of fused-ring (bicyclic) bond motifs is 3. The summed E-state index contributed by atoms with van der Waals surface area (Å²) in [6, 6.07) is 17.1. The third kappa shape index (κ3) is 4.20. The molecule has 2 aromatic carbocycles. The van der Waals surface area contributed by atoms with Crippen LogP contribution in [0.5, 0.6) is 0 Å². The first-order chi connectivity index (χ1) is 17.3. The van der Waals surface area contributed by atoms with Crippen LogP contribution in [0.2, 0.25) is 0 Å². The molecule has 2 aliphatic rings. The summed E-state index contributed by atoms with van der Waals surface area (Å²) in [5.74, 6) is -1.14. The number of hydrogen-bond acceptors (Lipinski definition) is 10. The van der Waals surface area contributed by atoms with E-state index >= 15 is 0 Å². The maximum absolute atomic E-state index is 13.7. The van der Waals surface area contributed by atoms with Crippen molar-refractivity contribution < 1.29 is 28.8 Å². The van der Waals surface area contributed by atoms with E-state index in [0.717, 1.165) is 26.8 Å². The van der Waals surface area contributed by atoms with Crippen molar-refractivity contribution in [1.29, 1.82) is 0 Å². The molecule has 4 atom stereocenters.